The first-order chi connectivity index (χ1) is 16.9. The molecule has 2 amide bonds. The van der Waals surface area contributed by atoms with Gasteiger partial charge in [-0.05, 0) is 35.9 Å². The Balaban J connectivity index is 1.50. The SMILES string of the molecule is CN(CCOc1ccccc1F)C(=O)[C@H](Cc1c[nH]c2ccccc12)NC(=O)c1ccccc1Cl. The van der Waals surface area contributed by atoms with Crippen molar-refractivity contribution in [2.75, 3.05) is 20.2 Å². The number of para-hydroxylation sites is 2. The van der Waals surface area contributed by atoms with Gasteiger partial charge in [0, 0.05) is 30.6 Å². The Morgan fingerprint density at radius 2 is 1.77 bits per heavy atom. The number of likely N-dealkylation sites (N-methyl/N-ethyl adjacent to an activating group) is 1. The standard InChI is InChI=1S/C27H25ClFN3O3/c1-32(14-15-35-25-13-7-5-11-22(25)29)27(34)24(31-26(33)20-9-2-4-10-21(20)28)16-18-17-30-23-12-6-3-8-19(18)23/h2-13,17,24,30H,14-16H2,1H3,(H,31,33)/t24-/m0/s1. The zero-order valence-electron chi connectivity index (χ0n) is 19.1. The van der Waals surface area contributed by atoms with Gasteiger partial charge in [0.05, 0.1) is 17.1 Å². The molecule has 0 unspecified atom stereocenters. The number of hydrogen-bond acceptors (Lipinski definition) is 3. The molecule has 0 radical (unpaired) electrons. The third-order valence-electron chi connectivity index (χ3n) is 5.72. The summed E-state index contributed by atoms with van der Waals surface area (Å²) in [6, 6.07) is 19.7. The number of nitrogens with zero attached hydrogens (tertiary/aromatic N) is 1. The summed E-state index contributed by atoms with van der Waals surface area (Å²) in [6.07, 6.45) is 2.12. The van der Waals surface area contributed by atoms with Crippen molar-refractivity contribution in [3.05, 3.63) is 101 Å². The van der Waals surface area contributed by atoms with E-state index in [-0.39, 0.29) is 36.8 Å². The van der Waals surface area contributed by atoms with Crippen molar-refractivity contribution in [3.63, 3.8) is 0 Å². The number of hydrogen-bond donors (Lipinski definition) is 2. The highest BCUT2D eigenvalue weighted by molar-refractivity contribution is 6.33. The van der Waals surface area contributed by atoms with Crippen LogP contribution in [0.4, 0.5) is 4.39 Å². The number of benzene rings is 3. The number of fused-ring (bicyclic) bond motifs is 1. The molecule has 1 aromatic heterocycles. The normalized spacial score (nSPS) is 11.7. The summed E-state index contributed by atoms with van der Waals surface area (Å²) in [5, 5.41) is 4.12. The van der Waals surface area contributed by atoms with Gasteiger partial charge in [0.1, 0.15) is 12.6 Å². The van der Waals surface area contributed by atoms with Gasteiger partial charge in [-0.2, -0.15) is 0 Å². The average molecular weight is 494 g/mol. The van der Waals surface area contributed by atoms with Crippen LogP contribution in [0.5, 0.6) is 5.75 Å². The van der Waals surface area contributed by atoms with Gasteiger partial charge in [-0.25, -0.2) is 4.39 Å². The maximum Gasteiger partial charge on any atom is 0.253 e. The Labute approximate surface area is 207 Å². The molecule has 0 aliphatic heterocycles. The fourth-order valence-corrected chi connectivity index (χ4v) is 4.05. The van der Waals surface area contributed by atoms with Crippen LogP contribution in [0.25, 0.3) is 10.9 Å². The van der Waals surface area contributed by atoms with Crippen molar-refractivity contribution >= 4 is 34.3 Å². The molecule has 3 aromatic carbocycles. The number of amides is 2. The van der Waals surface area contributed by atoms with E-state index in [2.05, 4.69) is 10.3 Å². The summed E-state index contributed by atoms with van der Waals surface area (Å²) in [5.74, 6) is -1.08. The van der Waals surface area contributed by atoms with Crippen LogP contribution in [-0.2, 0) is 11.2 Å². The van der Waals surface area contributed by atoms with E-state index in [1.807, 2.05) is 30.5 Å². The molecule has 35 heavy (non-hydrogen) atoms. The second kappa shape index (κ2) is 11.1. The fourth-order valence-electron chi connectivity index (χ4n) is 3.83. The molecule has 0 bridgehead atoms. The molecule has 1 heterocycles. The molecule has 0 saturated carbocycles. The van der Waals surface area contributed by atoms with E-state index in [9.17, 15) is 14.0 Å². The Hall–Kier alpha value is -3.84. The molecule has 1 atom stereocenters. The molecule has 180 valence electrons. The zero-order valence-corrected chi connectivity index (χ0v) is 19.9. The molecule has 4 aromatic rings. The molecule has 0 spiro atoms. The van der Waals surface area contributed by atoms with Crippen molar-refractivity contribution < 1.29 is 18.7 Å². The number of carbonyl (C=O) groups is 2. The van der Waals surface area contributed by atoms with Crippen molar-refractivity contribution in [3.8, 4) is 5.75 Å². The molecule has 0 aliphatic rings. The van der Waals surface area contributed by atoms with Crippen LogP contribution < -0.4 is 10.1 Å². The Morgan fingerprint density at radius 3 is 2.57 bits per heavy atom. The lowest BCUT2D eigenvalue weighted by Crippen LogP contribution is -2.49. The first-order valence-corrected chi connectivity index (χ1v) is 11.5. The van der Waals surface area contributed by atoms with Gasteiger partial charge in [0.2, 0.25) is 5.91 Å². The van der Waals surface area contributed by atoms with Gasteiger partial charge in [-0.3, -0.25) is 9.59 Å². The number of aromatic nitrogens is 1. The van der Waals surface area contributed by atoms with Crippen molar-refractivity contribution in [2.24, 2.45) is 0 Å². The van der Waals surface area contributed by atoms with E-state index in [4.69, 9.17) is 16.3 Å². The molecule has 8 heteroatoms. The lowest BCUT2D eigenvalue weighted by Gasteiger charge is -2.25. The van der Waals surface area contributed by atoms with E-state index >= 15 is 0 Å². The number of H-pyrrole nitrogens is 1. The topological polar surface area (TPSA) is 74.4 Å². The summed E-state index contributed by atoms with van der Waals surface area (Å²) in [7, 11) is 1.62. The highest BCUT2D eigenvalue weighted by atomic mass is 35.5. The van der Waals surface area contributed by atoms with Gasteiger partial charge in [0.25, 0.3) is 5.91 Å². The van der Waals surface area contributed by atoms with Crippen LogP contribution in [0, 0.1) is 5.82 Å². The highest BCUT2D eigenvalue weighted by Crippen LogP contribution is 2.21. The molecular weight excluding hydrogens is 469 g/mol. The predicted molar refractivity (Wildman–Crippen MR) is 134 cm³/mol. The minimum absolute atomic E-state index is 0.0986. The molecule has 6 nitrogen and oxygen atoms in total. The number of ether oxygens (including phenoxy) is 1. The van der Waals surface area contributed by atoms with Crippen LogP contribution in [0.2, 0.25) is 5.02 Å². The first kappa shape index (κ1) is 24.3. The molecule has 0 fully saturated rings. The Kier molecular flexibility index (Phi) is 7.67. The summed E-state index contributed by atoms with van der Waals surface area (Å²) in [6.45, 7) is 0.307. The maximum absolute atomic E-state index is 13.8. The van der Waals surface area contributed by atoms with Gasteiger partial charge in [0.15, 0.2) is 11.6 Å². The number of rotatable bonds is 9. The first-order valence-electron chi connectivity index (χ1n) is 11.2. The minimum Gasteiger partial charge on any atom is -0.489 e. The Morgan fingerprint density at radius 1 is 1.06 bits per heavy atom. The third kappa shape index (κ3) is 5.81. The largest absolute Gasteiger partial charge is 0.489 e. The number of halogens is 2. The molecular formula is C27H25ClFN3O3. The van der Waals surface area contributed by atoms with E-state index in [1.165, 1.54) is 17.0 Å². The highest BCUT2D eigenvalue weighted by Gasteiger charge is 2.26. The lowest BCUT2D eigenvalue weighted by molar-refractivity contribution is -0.132. The summed E-state index contributed by atoms with van der Waals surface area (Å²) >= 11 is 6.20. The summed E-state index contributed by atoms with van der Waals surface area (Å²) < 4.78 is 19.3. The zero-order chi connectivity index (χ0) is 24.8. The van der Waals surface area contributed by atoms with E-state index in [0.29, 0.717) is 5.02 Å². The average Bonchev–Trinajstić information content (AvgIpc) is 3.27. The molecule has 4 rings (SSSR count). The van der Waals surface area contributed by atoms with Gasteiger partial charge in [-0.1, -0.05) is 54.1 Å². The van der Waals surface area contributed by atoms with Crippen LogP contribution in [0.3, 0.4) is 0 Å². The molecule has 0 aliphatic carbocycles. The third-order valence-corrected chi connectivity index (χ3v) is 6.05. The van der Waals surface area contributed by atoms with Crippen molar-refractivity contribution in [1.29, 1.82) is 0 Å². The minimum atomic E-state index is -0.851. The molecule has 2 N–H and O–H groups in total. The van der Waals surface area contributed by atoms with Gasteiger partial charge in [-0.15, -0.1) is 0 Å². The quantitative estimate of drug-likeness (QED) is 0.350. The smallest absolute Gasteiger partial charge is 0.253 e. The van der Waals surface area contributed by atoms with Crippen LogP contribution in [0.1, 0.15) is 15.9 Å². The van der Waals surface area contributed by atoms with E-state index < -0.39 is 17.8 Å². The maximum atomic E-state index is 13.8. The fraction of sp³-hybridized carbons (Fsp3) is 0.185. The number of carbonyl (C=O) groups excluding carboxylic acids is 2. The predicted octanol–water partition coefficient (Wildman–Crippen LogP) is 4.84. The second-order valence-corrected chi connectivity index (χ2v) is 8.52. The van der Waals surface area contributed by atoms with Crippen molar-refractivity contribution in [1.82, 2.24) is 15.2 Å². The monoisotopic (exact) mass is 493 g/mol. The lowest BCUT2D eigenvalue weighted by atomic mass is 10.0. The van der Waals surface area contributed by atoms with Gasteiger partial charge < -0.3 is 19.9 Å². The molecule has 0 saturated heterocycles. The van der Waals surface area contributed by atoms with Crippen LogP contribution >= 0.6 is 11.6 Å². The van der Waals surface area contributed by atoms with Crippen molar-refractivity contribution in [2.45, 2.75) is 12.5 Å². The van der Waals surface area contributed by atoms with E-state index in [0.717, 1.165) is 16.5 Å². The van der Waals surface area contributed by atoms with Gasteiger partial charge >= 0.3 is 0 Å². The number of nitrogens with one attached hydrogen (secondary N) is 2. The summed E-state index contributed by atoms with van der Waals surface area (Å²) in [4.78, 5) is 31.1. The Bertz CT molecular complexity index is 1340. The van der Waals surface area contributed by atoms with Crippen LogP contribution in [-0.4, -0.2) is 47.9 Å². The van der Waals surface area contributed by atoms with Crippen LogP contribution in [0.15, 0.2) is 79.0 Å². The summed E-state index contributed by atoms with van der Waals surface area (Å²) in [5.41, 5.74) is 2.13. The number of aromatic amines is 1. The van der Waals surface area contributed by atoms with E-state index in [1.54, 1.807) is 43.4 Å². The second-order valence-electron chi connectivity index (χ2n) is 8.11.